The summed E-state index contributed by atoms with van der Waals surface area (Å²) in [5.74, 6) is -1.91. The van der Waals surface area contributed by atoms with Crippen molar-refractivity contribution in [3.63, 3.8) is 0 Å². The lowest BCUT2D eigenvalue weighted by Gasteiger charge is -2.38. The molecule has 0 aromatic carbocycles. The second-order valence-corrected chi connectivity index (χ2v) is 4.47. The van der Waals surface area contributed by atoms with Crippen molar-refractivity contribution in [3.05, 3.63) is 0 Å². The predicted molar refractivity (Wildman–Crippen MR) is 47.2 cm³/mol. The summed E-state index contributed by atoms with van der Waals surface area (Å²) in [5, 5.41) is 0. The van der Waals surface area contributed by atoms with Crippen molar-refractivity contribution >= 4 is 11.9 Å². The van der Waals surface area contributed by atoms with Gasteiger partial charge < -0.3 is 9.47 Å². The molecule has 1 spiro atoms. The average molecular weight is 198 g/mol. The van der Waals surface area contributed by atoms with Gasteiger partial charge in [-0.25, -0.2) is 0 Å². The van der Waals surface area contributed by atoms with Crippen LogP contribution in [0, 0.1) is 5.41 Å². The van der Waals surface area contributed by atoms with Crippen LogP contribution >= 0.6 is 0 Å². The van der Waals surface area contributed by atoms with E-state index in [9.17, 15) is 9.59 Å². The number of rotatable bonds is 0. The standard InChI is InChI=1S/C10H14O4/c1-9(2)13-7(11)10(8(12)14-9)5-3-4-6-10/h3-6H2,1-2H3. The average Bonchev–Trinajstić information content (AvgIpc) is 2.48. The van der Waals surface area contributed by atoms with E-state index in [1.807, 2.05) is 0 Å². The third-order valence-electron chi connectivity index (χ3n) is 2.92. The van der Waals surface area contributed by atoms with E-state index in [1.54, 1.807) is 13.8 Å². The van der Waals surface area contributed by atoms with E-state index in [1.165, 1.54) is 0 Å². The molecule has 4 nitrogen and oxygen atoms in total. The first-order valence-electron chi connectivity index (χ1n) is 4.93. The maximum absolute atomic E-state index is 11.7. The van der Waals surface area contributed by atoms with Gasteiger partial charge in [0.1, 0.15) is 0 Å². The lowest BCUT2D eigenvalue weighted by atomic mass is 9.85. The summed E-state index contributed by atoms with van der Waals surface area (Å²) in [5.41, 5.74) is -0.977. The van der Waals surface area contributed by atoms with E-state index >= 15 is 0 Å². The van der Waals surface area contributed by atoms with Crippen molar-refractivity contribution in [2.75, 3.05) is 0 Å². The van der Waals surface area contributed by atoms with Gasteiger partial charge in [0.15, 0.2) is 5.41 Å². The summed E-state index contributed by atoms with van der Waals surface area (Å²) in [4.78, 5) is 23.4. The maximum Gasteiger partial charge on any atom is 0.326 e. The molecule has 4 heteroatoms. The quantitative estimate of drug-likeness (QED) is 0.436. The van der Waals surface area contributed by atoms with Gasteiger partial charge in [0.25, 0.3) is 5.79 Å². The first-order valence-corrected chi connectivity index (χ1v) is 4.93. The first kappa shape index (κ1) is 9.49. The molecule has 0 unspecified atom stereocenters. The Morgan fingerprint density at radius 2 is 1.43 bits per heavy atom. The molecule has 1 aliphatic heterocycles. The zero-order chi connectivity index (χ0) is 10.4. The molecule has 0 amide bonds. The second kappa shape index (κ2) is 2.72. The number of hydrogen-bond acceptors (Lipinski definition) is 4. The zero-order valence-corrected chi connectivity index (χ0v) is 8.46. The molecule has 1 aliphatic carbocycles. The fraction of sp³-hybridized carbons (Fsp3) is 0.800. The van der Waals surface area contributed by atoms with Gasteiger partial charge in [-0.05, 0) is 12.8 Å². The van der Waals surface area contributed by atoms with Crippen molar-refractivity contribution in [3.8, 4) is 0 Å². The van der Waals surface area contributed by atoms with Crippen LogP contribution in [0.4, 0.5) is 0 Å². The maximum atomic E-state index is 11.7. The van der Waals surface area contributed by atoms with Crippen molar-refractivity contribution in [1.82, 2.24) is 0 Å². The summed E-state index contributed by atoms with van der Waals surface area (Å²) in [7, 11) is 0. The topological polar surface area (TPSA) is 52.6 Å². The molecule has 78 valence electrons. The summed E-state index contributed by atoms with van der Waals surface area (Å²) < 4.78 is 10.2. The van der Waals surface area contributed by atoms with Crippen molar-refractivity contribution in [2.24, 2.45) is 5.41 Å². The van der Waals surface area contributed by atoms with Gasteiger partial charge >= 0.3 is 11.9 Å². The number of ether oxygens (including phenoxy) is 2. The number of esters is 2. The Bertz CT molecular complexity index is 264. The third-order valence-corrected chi connectivity index (χ3v) is 2.92. The second-order valence-electron chi connectivity index (χ2n) is 4.47. The number of hydrogen-bond donors (Lipinski definition) is 0. The third kappa shape index (κ3) is 1.21. The number of carbonyl (C=O) groups excluding carboxylic acids is 2. The van der Waals surface area contributed by atoms with Crippen LogP contribution in [-0.4, -0.2) is 17.7 Å². The lowest BCUT2D eigenvalue weighted by molar-refractivity contribution is -0.250. The largest absolute Gasteiger partial charge is 0.422 e. The molecule has 0 aromatic rings. The Morgan fingerprint density at radius 3 is 1.86 bits per heavy atom. The molecule has 1 heterocycles. The smallest absolute Gasteiger partial charge is 0.326 e. The number of cyclic esters (lactones) is 2. The van der Waals surface area contributed by atoms with Gasteiger partial charge in [0.05, 0.1) is 0 Å². The molecular formula is C10H14O4. The lowest BCUT2D eigenvalue weighted by Crippen LogP contribution is -2.52. The highest BCUT2D eigenvalue weighted by atomic mass is 16.7. The SMILES string of the molecule is CC1(C)OC(=O)C2(CCCC2)C(=O)O1. The first-order chi connectivity index (χ1) is 6.46. The van der Waals surface area contributed by atoms with E-state index in [0.717, 1.165) is 12.8 Å². The Labute approximate surface area is 82.6 Å². The number of carbonyl (C=O) groups is 2. The minimum absolute atomic E-state index is 0.406. The van der Waals surface area contributed by atoms with E-state index in [2.05, 4.69) is 0 Å². The summed E-state index contributed by atoms with van der Waals surface area (Å²) in [6.07, 6.45) is 2.93. The molecule has 14 heavy (non-hydrogen) atoms. The van der Waals surface area contributed by atoms with Gasteiger partial charge in [-0.3, -0.25) is 9.59 Å². The van der Waals surface area contributed by atoms with Crippen LogP contribution in [0.25, 0.3) is 0 Å². The van der Waals surface area contributed by atoms with Crippen LogP contribution in [0.5, 0.6) is 0 Å². The fourth-order valence-electron chi connectivity index (χ4n) is 2.13. The molecule has 0 aromatic heterocycles. The minimum Gasteiger partial charge on any atom is -0.422 e. The Morgan fingerprint density at radius 1 is 1.00 bits per heavy atom. The van der Waals surface area contributed by atoms with Crippen molar-refractivity contribution in [1.29, 1.82) is 0 Å². The van der Waals surface area contributed by atoms with Crippen LogP contribution in [0.1, 0.15) is 39.5 Å². The van der Waals surface area contributed by atoms with Crippen LogP contribution in [0.2, 0.25) is 0 Å². The molecule has 1 saturated carbocycles. The van der Waals surface area contributed by atoms with Gasteiger partial charge in [-0.2, -0.15) is 0 Å². The molecule has 0 N–H and O–H groups in total. The van der Waals surface area contributed by atoms with Crippen LogP contribution in [-0.2, 0) is 19.1 Å². The molecule has 2 rings (SSSR count). The molecule has 1 saturated heterocycles. The van der Waals surface area contributed by atoms with Crippen molar-refractivity contribution in [2.45, 2.75) is 45.3 Å². The van der Waals surface area contributed by atoms with Gasteiger partial charge in [-0.15, -0.1) is 0 Å². The summed E-state index contributed by atoms with van der Waals surface area (Å²) >= 11 is 0. The Balaban J connectivity index is 2.28. The van der Waals surface area contributed by atoms with Gasteiger partial charge in [-0.1, -0.05) is 12.8 Å². The normalized spacial score (nSPS) is 28.7. The zero-order valence-electron chi connectivity index (χ0n) is 8.46. The fourth-order valence-corrected chi connectivity index (χ4v) is 2.13. The summed E-state index contributed by atoms with van der Waals surface area (Å²) in [6, 6.07) is 0. The van der Waals surface area contributed by atoms with Gasteiger partial charge in [0, 0.05) is 13.8 Å². The Hall–Kier alpha value is -1.06. The van der Waals surface area contributed by atoms with E-state index < -0.39 is 23.1 Å². The minimum atomic E-state index is -1.10. The monoisotopic (exact) mass is 198 g/mol. The highest BCUT2D eigenvalue weighted by Crippen LogP contribution is 2.44. The molecular weight excluding hydrogens is 184 g/mol. The van der Waals surface area contributed by atoms with Crippen LogP contribution in [0.3, 0.4) is 0 Å². The highest BCUT2D eigenvalue weighted by molar-refractivity contribution is 6.01. The summed E-state index contributed by atoms with van der Waals surface area (Å²) in [6.45, 7) is 3.15. The Kier molecular flexibility index (Phi) is 1.84. The molecule has 0 atom stereocenters. The van der Waals surface area contributed by atoms with Crippen LogP contribution in [0.15, 0.2) is 0 Å². The predicted octanol–water partition coefficient (Wildman–Crippen LogP) is 1.38. The van der Waals surface area contributed by atoms with Crippen LogP contribution < -0.4 is 0 Å². The highest BCUT2D eigenvalue weighted by Gasteiger charge is 2.57. The van der Waals surface area contributed by atoms with Crippen molar-refractivity contribution < 1.29 is 19.1 Å². The van der Waals surface area contributed by atoms with E-state index in [0.29, 0.717) is 12.8 Å². The van der Waals surface area contributed by atoms with Gasteiger partial charge in [0.2, 0.25) is 0 Å². The molecule has 0 bridgehead atoms. The molecule has 0 radical (unpaired) electrons. The van der Waals surface area contributed by atoms with E-state index in [4.69, 9.17) is 9.47 Å². The molecule has 2 fully saturated rings. The van der Waals surface area contributed by atoms with E-state index in [-0.39, 0.29) is 0 Å². The molecule has 2 aliphatic rings.